The van der Waals surface area contributed by atoms with Crippen molar-refractivity contribution in [2.45, 2.75) is 26.2 Å². The number of anilines is 3. The fraction of sp³-hybridized carbons (Fsp3) is 0.400. The van der Waals surface area contributed by atoms with Crippen LogP contribution in [0.4, 0.5) is 17.5 Å². The number of hydrogen-bond acceptors (Lipinski definition) is 6. The predicted octanol–water partition coefficient (Wildman–Crippen LogP) is 3.88. The summed E-state index contributed by atoms with van der Waals surface area (Å²) in [5.41, 5.74) is 0.809. The lowest BCUT2D eigenvalue weighted by atomic mass is 10.2. The second-order valence-electron chi connectivity index (χ2n) is 4.77. The summed E-state index contributed by atoms with van der Waals surface area (Å²) in [4.78, 5) is 4.37. The summed E-state index contributed by atoms with van der Waals surface area (Å²) in [6.07, 6.45) is 5.02. The van der Waals surface area contributed by atoms with Gasteiger partial charge in [0.05, 0.1) is 18.3 Å². The molecule has 0 aliphatic rings. The second kappa shape index (κ2) is 8.38. The number of ether oxygens (including phenoxy) is 1. The van der Waals surface area contributed by atoms with Gasteiger partial charge in [-0.25, -0.2) is 0 Å². The van der Waals surface area contributed by atoms with E-state index in [9.17, 15) is 0 Å². The van der Waals surface area contributed by atoms with E-state index in [-0.39, 0.29) is 0 Å². The molecule has 0 aliphatic carbocycles. The molecule has 0 atom stereocenters. The van der Waals surface area contributed by atoms with Crippen molar-refractivity contribution in [1.29, 1.82) is 0 Å². The maximum Gasteiger partial charge on any atom is 0.244 e. The van der Waals surface area contributed by atoms with E-state index in [0.29, 0.717) is 22.5 Å². The Morgan fingerprint density at radius 3 is 2.86 bits per heavy atom. The first-order chi connectivity index (χ1) is 10.7. The Kier molecular flexibility index (Phi) is 6.21. The van der Waals surface area contributed by atoms with E-state index in [1.165, 1.54) is 12.8 Å². The maximum atomic E-state index is 6.10. The molecular formula is C15H20ClN5O. The average molecular weight is 322 g/mol. The number of aromatic nitrogens is 3. The summed E-state index contributed by atoms with van der Waals surface area (Å²) in [6, 6.07) is 5.43. The Balaban J connectivity index is 1.99. The first-order valence-corrected chi connectivity index (χ1v) is 7.65. The Hall–Kier alpha value is -2.08. The van der Waals surface area contributed by atoms with Crippen molar-refractivity contribution >= 4 is 29.1 Å². The Labute approximate surface area is 135 Å². The van der Waals surface area contributed by atoms with Crippen LogP contribution in [0.1, 0.15) is 26.2 Å². The minimum atomic E-state index is 0.515. The van der Waals surface area contributed by atoms with Crippen LogP contribution < -0.4 is 15.4 Å². The Morgan fingerprint density at radius 1 is 1.27 bits per heavy atom. The SMILES string of the molecule is CCCCCNc1nncc(Nc2ccc(OC)c(Cl)c2)n1. The van der Waals surface area contributed by atoms with E-state index >= 15 is 0 Å². The van der Waals surface area contributed by atoms with Gasteiger partial charge in [-0.05, 0) is 24.6 Å². The highest BCUT2D eigenvalue weighted by molar-refractivity contribution is 6.32. The number of nitrogens with zero attached hydrogens (tertiary/aromatic N) is 3. The lowest BCUT2D eigenvalue weighted by Gasteiger charge is -2.09. The van der Waals surface area contributed by atoms with E-state index in [0.717, 1.165) is 18.7 Å². The molecule has 2 aromatic rings. The largest absolute Gasteiger partial charge is 0.495 e. The number of halogens is 1. The van der Waals surface area contributed by atoms with Gasteiger partial charge in [0, 0.05) is 12.2 Å². The third kappa shape index (κ3) is 4.73. The van der Waals surface area contributed by atoms with Crippen LogP contribution in [-0.2, 0) is 0 Å². The van der Waals surface area contributed by atoms with Crippen molar-refractivity contribution in [2.24, 2.45) is 0 Å². The lowest BCUT2D eigenvalue weighted by Crippen LogP contribution is -2.07. The summed E-state index contributed by atoms with van der Waals surface area (Å²) >= 11 is 6.10. The summed E-state index contributed by atoms with van der Waals surface area (Å²) in [6.45, 7) is 3.01. The molecule has 0 aliphatic heterocycles. The summed E-state index contributed by atoms with van der Waals surface area (Å²) in [7, 11) is 1.58. The van der Waals surface area contributed by atoms with E-state index in [4.69, 9.17) is 16.3 Å². The van der Waals surface area contributed by atoms with Gasteiger partial charge in [-0.1, -0.05) is 31.4 Å². The van der Waals surface area contributed by atoms with E-state index in [1.54, 1.807) is 25.4 Å². The number of benzene rings is 1. The molecule has 2 rings (SSSR count). The minimum absolute atomic E-state index is 0.515. The quantitative estimate of drug-likeness (QED) is 0.719. The highest BCUT2D eigenvalue weighted by Crippen LogP contribution is 2.28. The van der Waals surface area contributed by atoms with Crippen LogP contribution in [0.25, 0.3) is 0 Å². The molecule has 118 valence electrons. The second-order valence-corrected chi connectivity index (χ2v) is 5.18. The van der Waals surface area contributed by atoms with Crippen molar-refractivity contribution in [2.75, 3.05) is 24.3 Å². The van der Waals surface area contributed by atoms with Gasteiger partial charge in [-0.3, -0.25) is 0 Å². The fourth-order valence-electron chi connectivity index (χ4n) is 1.91. The molecule has 6 nitrogen and oxygen atoms in total. The zero-order valence-electron chi connectivity index (χ0n) is 12.8. The van der Waals surface area contributed by atoms with Gasteiger partial charge in [0.2, 0.25) is 5.95 Å². The molecule has 1 heterocycles. The third-order valence-electron chi connectivity index (χ3n) is 3.05. The van der Waals surface area contributed by atoms with Crippen molar-refractivity contribution < 1.29 is 4.74 Å². The Morgan fingerprint density at radius 2 is 2.14 bits per heavy atom. The highest BCUT2D eigenvalue weighted by Gasteiger charge is 2.04. The van der Waals surface area contributed by atoms with Gasteiger partial charge in [0.15, 0.2) is 5.82 Å². The highest BCUT2D eigenvalue weighted by atomic mass is 35.5. The van der Waals surface area contributed by atoms with Crippen LogP contribution in [0.5, 0.6) is 5.75 Å². The third-order valence-corrected chi connectivity index (χ3v) is 3.34. The van der Waals surface area contributed by atoms with Gasteiger partial charge >= 0.3 is 0 Å². The Bertz CT molecular complexity index is 608. The summed E-state index contributed by atoms with van der Waals surface area (Å²) < 4.78 is 5.13. The maximum absolute atomic E-state index is 6.10. The van der Waals surface area contributed by atoms with Gasteiger partial charge < -0.3 is 15.4 Å². The normalized spacial score (nSPS) is 10.3. The summed E-state index contributed by atoms with van der Waals surface area (Å²) in [5.74, 6) is 1.75. The number of methoxy groups -OCH3 is 1. The van der Waals surface area contributed by atoms with Crippen LogP contribution >= 0.6 is 11.6 Å². The number of rotatable bonds is 8. The van der Waals surface area contributed by atoms with E-state index < -0.39 is 0 Å². The zero-order valence-corrected chi connectivity index (χ0v) is 13.5. The predicted molar refractivity (Wildman–Crippen MR) is 89.1 cm³/mol. The van der Waals surface area contributed by atoms with Crippen LogP contribution in [0.2, 0.25) is 5.02 Å². The fourth-order valence-corrected chi connectivity index (χ4v) is 2.16. The molecule has 0 fully saturated rings. The molecule has 1 aromatic heterocycles. The van der Waals surface area contributed by atoms with Crippen molar-refractivity contribution in [3.8, 4) is 5.75 Å². The topological polar surface area (TPSA) is 72.0 Å². The average Bonchev–Trinajstić information content (AvgIpc) is 2.52. The zero-order chi connectivity index (χ0) is 15.8. The van der Waals surface area contributed by atoms with Gasteiger partial charge in [0.25, 0.3) is 0 Å². The van der Waals surface area contributed by atoms with Crippen molar-refractivity contribution in [3.05, 3.63) is 29.4 Å². The molecule has 0 amide bonds. The van der Waals surface area contributed by atoms with Gasteiger partial charge in [-0.15, -0.1) is 5.10 Å². The van der Waals surface area contributed by atoms with Crippen molar-refractivity contribution in [3.63, 3.8) is 0 Å². The minimum Gasteiger partial charge on any atom is -0.495 e. The molecule has 0 bridgehead atoms. The van der Waals surface area contributed by atoms with Crippen LogP contribution in [0.3, 0.4) is 0 Å². The molecule has 0 saturated carbocycles. The number of unbranched alkanes of at least 4 members (excludes halogenated alkanes) is 2. The molecule has 0 unspecified atom stereocenters. The standard InChI is InChI=1S/C15H20ClN5O/c1-3-4-5-8-17-15-20-14(10-18-21-15)19-11-6-7-13(22-2)12(16)9-11/h6-7,9-10H,3-5,8H2,1-2H3,(H2,17,19,20,21). The first kappa shape index (κ1) is 16.3. The van der Waals surface area contributed by atoms with Crippen LogP contribution in [-0.4, -0.2) is 28.8 Å². The molecule has 1 aromatic carbocycles. The van der Waals surface area contributed by atoms with Crippen LogP contribution in [0, 0.1) is 0 Å². The lowest BCUT2D eigenvalue weighted by molar-refractivity contribution is 0.415. The number of hydrogen-bond donors (Lipinski definition) is 2. The number of nitrogens with one attached hydrogen (secondary N) is 2. The van der Waals surface area contributed by atoms with E-state index in [1.807, 2.05) is 6.07 Å². The smallest absolute Gasteiger partial charge is 0.244 e. The molecule has 7 heteroatoms. The molecular weight excluding hydrogens is 302 g/mol. The monoisotopic (exact) mass is 321 g/mol. The van der Waals surface area contributed by atoms with E-state index in [2.05, 4.69) is 32.7 Å². The van der Waals surface area contributed by atoms with Gasteiger partial charge in [-0.2, -0.15) is 10.1 Å². The molecule has 2 N–H and O–H groups in total. The molecule has 0 spiro atoms. The van der Waals surface area contributed by atoms with Gasteiger partial charge in [0.1, 0.15) is 5.75 Å². The molecule has 22 heavy (non-hydrogen) atoms. The van der Waals surface area contributed by atoms with Crippen molar-refractivity contribution in [1.82, 2.24) is 15.2 Å². The molecule has 0 radical (unpaired) electrons. The molecule has 0 saturated heterocycles. The first-order valence-electron chi connectivity index (χ1n) is 7.27. The summed E-state index contributed by atoms with van der Waals surface area (Å²) in [5, 5.41) is 14.7. The van der Waals surface area contributed by atoms with Crippen LogP contribution in [0.15, 0.2) is 24.4 Å².